The minimum absolute atomic E-state index is 0.0550. The molecule has 1 amide bonds. The van der Waals surface area contributed by atoms with Crippen molar-refractivity contribution in [2.75, 3.05) is 38.5 Å². The summed E-state index contributed by atoms with van der Waals surface area (Å²) in [7, 11) is 2.16. The Morgan fingerprint density at radius 1 is 1.20 bits per heavy atom. The normalized spacial score (nSPS) is 16.5. The van der Waals surface area contributed by atoms with Gasteiger partial charge in [0.15, 0.2) is 5.76 Å². The molecular weight excluding hydrogens is 418 g/mol. The van der Waals surface area contributed by atoms with Gasteiger partial charge in [-0.05, 0) is 49.4 Å². The summed E-state index contributed by atoms with van der Waals surface area (Å²) < 4.78 is 5.29. The Kier molecular flexibility index (Phi) is 6.58. The number of likely N-dealkylation sites (N-methyl/N-ethyl adjacent to an activating group) is 1. The van der Waals surface area contributed by atoms with Gasteiger partial charge in [0.2, 0.25) is 0 Å². The number of amides is 1. The Labute approximate surface area is 186 Å². The molecule has 0 saturated carbocycles. The first-order valence-electron chi connectivity index (χ1n) is 10.2. The second kappa shape index (κ2) is 9.35. The van der Waals surface area contributed by atoms with Crippen LogP contribution >= 0.6 is 22.9 Å². The maximum absolute atomic E-state index is 12.7. The molecule has 4 rings (SSSR count). The number of thiophene rings is 1. The molecule has 5 nitrogen and oxygen atoms in total. The van der Waals surface area contributed by atoms with Crippen LogP contribution in [0.3, 0.4) is 0 Å². The van der Waals surface area contributed by atoms with Crippen LogP contribution in [0.1, 0.15) is 39.5 Å². The molecule has 7 heteroatoms. The predicted molar refractivity (Wildman–Crippen MR) is 123 cm³/mol. The lowest BCUT2D eigenvalue weighted by Crippen LogP contribution is -2.46. The van der Waals surface area contributed by atoms with Crippen LogP contribution < -0.4 is 5.32 Å². The smallest absolute Gasteiger partial charge is 0.291 e. The molecule has 1 fully saturated rings. The fraction of sp³-hybridized carbons (Fsp3) is 0.348. The molecule has 1 aliphatic heterocycles. The molecule has 1 aromatic carbocycles. The molecule has 0 bridgehead atoms. The van der Waals surface area contributed by atoms with Crippen molar-refractivity contribution >= 4 is 33.8 Å². The number of nitrogens with zero attached hydrogens (tertiary/aromatic N) is 2. The number of halogens is 1. The van der Waals surface area contributed by atoms with Crippen molar-refractivity contribution in [3.05, 3.63) is 75.5 Å². The van der Waals surface area contributed by atoms with Gasteiger partial charge in [0.05, 0.1) is 12.3 Å². The van der Waals surface area contributed by atoms with Crippen LogP contribution in [-0.2, 0) is 6.42 Å². The lowest BCUT2D eigenvalue weighted by atomic mass is 9.97. The lowest BCUT2D eigenvalue weighted by molar-refractivity contribution is 0.0996. The molecule has 3 heterocycles. The van der Waals surface area contributed by atoms with Crippen molar-refractivity contribution < 1.29 is 9.21 Å². The van der Waals surface area contributed by atoms with Crippen molar-refractivity contribution in [2.45, 2.75) is 19.4 Å². The summed E-state index contributed by atoms with van der Waals surface area (Å²) >= 11 is 7.80. The van der Waals surface area contributed by atoms with Crippen molar-refractivity contribution in [3.63, 3.8) is 0 Å². The van der Waals surface area contributed by atoms with E-state index in [1.54, 1.807) is 23.5 Å². The van der Waals surface area contributed by atoms with Gasteiger partial charge in [-0.2, -0.15) is 0 Å². The summed E-state index contributed by atoms with van der Waals surface area (Å²) in [4.78, 5) is 18.8. The maximum atomic E-state index is 12.7. The summed E-state index contributed by atoms with van der Waals surface area (Å²) in [5.74, 6) is 0.0917. The van der Waals surface area contributed by atoms with Gasteiger partial charge in [-0.3, -0.25) is 9.69 Å². The first-order valence-corrected chi connectivity index (χ1v) is 11.4. The Bertz CT molecular complexity index is 977. The number of hydrogen-bond donors (Lipinski definition) is 1. The van der Waals surface area contributed by atoms with Gasteiger partial charge in [-0.15, -0.1) is 11.3 Å². The van der Waals surface area contributed by atoms with Crippen LogP contribution in [0.5, 0.6) is 0 Å². The van der Waals surface area contributed by atoms with Crippen molar-refractivity contribution in [1.29, 1.82) is 0 Å². The monoisotopic (exact) mass is 443 g/mol. The van der Waals surface area contributed by atoms with Crippen LogP contribution in [0.4, 0.5) is 5.00 Å². The second-order valence-electron chi connectivity index (χ2n) is 7.58. The summed E-state index contributed by atoms with van der Waals surface area (Å²) in [5.41, 5.74) is 2.31. The van der Waals surface area contributed by atoms with Crippen LogP contribution in [0.25, 0.3) is 0 Å². The third kappa shape index (κ3) is 4.62. The molecule has 30 heavy (non-hydrogen) atoms. The maximum Gasteiger partial charge on any atom is 0.291 e. The Balaban J connectivity index is 1.72. The number of hydrogen-bond acceptors (Lipinski definition) is 5. The zero-order valence-electron chi connectivity index (χ0n) is 17.2. The number of benzene rings is 1. The molecule has 3 aromatic rings. The minimum Gasteiger partial charge on any atom is -0.459 e. The van der Waals surface area contributed by atoms with Crippen LogP contribution in [0, 0.1) is 0 Å². The van der Waals surface area contributed by atoms with Gasteiger partial charge in [0, 0.05) is 41.6 Å². The van der Waals surface area contributed by atoms with Gasteiger partial charge >= 0.3 is 0 Å². The van der Waals surface area contributed by atoms with Crippen LogP contribution in [-0.4, -0.2) is 48.9 Å². The largest absolute Gasteiger partial charge is 0.459 e. The zero-order chi connectivity index (χ0) is 21.1. The number of aryl methyl sites for hydroxylation is 1. The highest BCUT2D eigenvalue weighted by molar-refractivity contribution is 7.16. The van der Waals surface area contributed by atoms with Crippen molar-refractivity contribution in [2.24, 2.45) is 0 Å². The second-order valence-corrected chi connectivity index (χ2v) is 9.15. The van der Waals surface area contributed by atoms with Gasteiger partial charge in [0.25, 0.3) is 5.91 Å². The van der Waals surface area contributed by atoms with Crippen LogP contribution in [0.2, 0.25) is 5.02 Å². The van der Waals surface area contributed by atoms with E-state index < -0.39 is 0 Å². The Hall–Kier alpha value is -2.12. The topological polar surface area (TPSA) is 48.7 Å². The summed E-state index contributed by atoms with van der Waals surface area (Å²) in [6.07, 6.45) is 2.44. The highest BCUT2D eigenvalue weighted by atomic mass is 35.5. The Morgan fingerprint density at radius 3 is 2.57 bits per heavy atom. The molecule has 1 aliphatic rings. The van der Waals surface area contributed by atoms with Crippen molar-refractivity contribution in [1.82, 2.24) is 9.80 Å². The Morgan fingerprint density at radius 2 is 1.93 bits per heavy atom. The van der Waals surface area contributed by atoms with E-state index in [1.807, 2.05) is 12.1 Å². The van der Waals surface area contributed by atoms with E-state index in [9.17, 15) is 4.79 Å². The summed E-state index contributed by atoms with van der Waals surface area (Å²) in [6, 6.07) is 13.8. The molecule has 0 radical (unpaired) electrons. The average molecular weight is 444 g/mol. The van der Waals surface area contributed by atoms with Gasteiger partial charge < -0.3 is 14.6 Å². The molecule has 1 saturated heterocycles. The number of furan rings is 1. The number of nitrogens with one attached hydrogen (secondary N) is 1. The zero-order valence-corrected chi connectivity index (χ0v) is 18.8. The van der Waals surface area contributed by atoms with E-state index in [0.29, 0.717) is 5.76 Å². The first-order chi connectivity index (χ1) is 14.5. The molecule has 0 aliphatic carbocycles. The number of rotatable bonds is 6. The van der Waals surface area contributed by atoms with Gasteiger partial charge in [-0.25, -0.2) is 0 Å². The highest BCUT2D eigenvalue weighted by Gasteiger charge is 2.29. The van der Waals surface area contributed by atoms with Gasteiger partial charge in [-0.1, -0.05) is 30.7 Å². The van der Waals surface area contributed by atoms with E-state index in [-0.39, 0.29) is 11.9 Å². The quantitative estimate of drug-likeness (QED) is 0.572. The molecular formula is C23H26ClN3O2S. The van der Waals surface area contributed by atoms with E-state index >= 15 is 0 Å². The SMILES string of the molecule is CCc1cc([C@H](c2ccc(Cl)cc2)N2CCN(C)CC2)c(NC(=O)c2ccco2)s1. The summed E-state index contributed by atoms with van der Waals surface area (Å²) in [5, 5.41) is 4.71. The first kappa shape index (κ1) is 21.1. The van der Waals surface area contributed by atoms with Crippen LogP contribution in [0.15, 0.2) is 53.1 Å². The summed E-state index contributed by atoms with van der Waals surface area (Å²) in [6.45, 7) is 6.10. The van der Waals surface area contributed by atoms with Crippen molar-refractivity contribution in [3.8, 4) is 0 Å². The fourth-order valence-corrected chi connectivity index (χ4v) is 4.97. The minimum atomic E-state index is -0.223. The number of carbonyl (C=O) groups excluding carboxylic acids is 1. The molecule has 1 N–H and O–H groups in total. The molecule has 0 spiro atoms. The molecule has 158 valence electrons. The molecule has 1 atom stereocenters. The third-order valence-electron chi connectivity index (χ3n) is 5.52. The number of anilines is 1. The van der Waals surface area contributed by atoms with Gasteiger partial charge in [0.1, 0.15) is 5.00 Å². The van der Waals surface area contributed by atoms with E-state index in [2.05, 4.69) is 47.3 Å². The van der Waals surface area contributed by atoms with E-state index in [4.69, 9.17) is 16.0 Å². The predicted octanol–water partition coefficient (Wildman–Crippen LogP) is 5.15. The lowest BCUT2D eigenvalue weighted by Gasteiger charge is -2.38. The average Bonchev–Trinajstić information content (AvgIpc) is 3.42. The van der Waals surface area contributed by atoms with E-state index in [0.717, 1.165) is 48.2 Å². The number of piperazine rings is 1. The number of carbonyl (C=O) groups is 1. The highest BCUT2D eigenvalue weighted by Crippen LogP contribution is 2.40. The molecule has 2 aromatic heterocycles. The molecule has 0 unspecified atom stereocenters. The fourth-order valence-electron chi connectivity index (χ4n) is 3.82. The van der Waals surface area contributed by atoms with E-state index in [1.165, 1.54) is 16.7 Å². The third-order valence-corrected chi connectivity index (χ3v) is 6.98. The standard InChI is InChI=1S/C23H26ClN3O2S/c1-3-18-15-19(23(30-18)25-22(28)20-5-4-14-29-20)21(16-6-8-17(24)9-7-16)27-12-10-26(2)11-13-27/h4-9,14-15,21H,3,10-13H2,1-2H3,(H,25,28)/t21-/m0/s1.